The molecule has 1 N–H and O–H groups in total. The second-order valence-corrected chi connectivity index (χ2v) is 4.87. The number of benzene rings is 1. The van der Waals surface area contributed by atoms with E-state index in [0.29, 0.717) is 12.5 Å². The first kappa shape index (κ1) is 12.3. The molecule has 0 radical (unpaired) electrons. The van der Waals surface area contributed by atoms with E-state index in [-0.39, 0.29) is 0 Å². The highest BCUT2D eigenvalue weighted by Crippen LogP contribution is 2.12. The molecule has 1 aromatic rings. The molecule has 1 aromatic carbocycles. The predicted molar refractivity (Wildman–Crippen MR) is 69.0 cm³/mol. The highest BCUT2D eigenvalue weighted by atomic mass is 127. The summed E-state index contributed by atoms with van der Waals surface area (Å²) in [5, 5.41) is 2.67. The Morgan fingerprint density at radius 3 is 2.87 bits per heavy atom. The minimum atomic E-state index is -0.397. The molecule has 82 valence electrons. The summed E-state index contributed by atoms with van der Waals surface area (Å²) in [6.07, 6.45) is -0.397. The molecule has 0 aliphatic carbocycles. The SMILES string of the molecule is CC(C)COC(=O)Nc1cccc(I)c1. The Kier molecular flexibility index (Phi) is 4.87. The molecule has 0 aliphatic rings. The van der Waals surface area contributed by atoms with Gasteiger partial charge in [-0.2, -0.15) is 0 Å². The van der Waals surface area contributed by atoms with Crippen LogP contribution >= 0.6 is 22.6 Å². The number of carbonyl (C=O) groups excluding carboxylic acids is 1. The van der Waals surface area contributed by atoms with E-state index in [4.69, 9.17) is 4.74 Å². The number of anilines is 1. The number of hydrogen-bond donors (Lipinski definition) is 1. The van der Waals surface area contributed by atoms with E-state index in [2.05, 4.69) is 27.9 Å². The summed E-state index contributed by atoms with van der Waals surface area (Å²) in [4.78, 5) is 11.3. The first-order chi connectivity index (χ1) is 7.08. The van der Waals surface area contributed by atoms with Gasteiger partial charge in [-0.3, -0.25) is 5.32 Å². The van der Waals surface area contributed by atoms with Crippen molar-refractivity contribution in [3.63, 3.8) is 0 Å². The third-order valence-electron chi connectivity index (χ3n) is 1.62. The lowest BCUT2D eigenvalue weighted by molar-refractivity contribution is 0.147. The summed E-state index contributed by atoms with van der Waals surface area (Å²) in [6.45, 7) is 4.44. The number of rotatable bonds is 3. The molecule has 0 bridgehead atoms. The van der Waals surface area contributed by atoms with Crippen molar-refractivity contribution in [1.29, 1.82) is 0 Å². The molecule has 0 atom stereocenters. The first-order valence-electron chi connectivity index (χ1n) is 4.77. The molecule has 1 rings (SSSR count). The van der Waals surface area contributed by atoms with Gasteiger partial charge in [0.1, 0.15) is 0 Å². The molecule has 0 spiro atoms. The van der Waals surface area contributed by atoms with Gasteiger partial charge >= 0.3 is 6.09 Å². The van der Waals surface area contributed by atoms with E-state index in [0.717, 1.165) is 9.26 Å². The molecular formula is C11H14INO2. The summed E-state index contributed by atoms with van der Waals surface area (Å²) in [6, 6.07) is 7.57. The van der Waals surface area contributed by atoms with Crippen LogP contribution in [0.25, 0.3) is 0 Å². The van der Waals surface area contributed by atoms with E-state index < -0.39 is 6.09 Å². The van der Waals surface area contributed by atoms with Gasteiger partial charge in [-0.25, -0.2) is 4.79 Å². The van der Waals surface area contributed by atoms with Crippen LogP contribution in [0.3, 0.4) is 0 Å². The third-order valence-corrected chi connectivity index (χ3v) is 2.29. The van der Waals surface area contributed by atoms with E-state index in [9.17, 15) is 4.79 Å². The molecule has 0 unspecified atom stereocenters. The Labute approximate surface area is 103 Å². The Morgan fingerprint density at radius 1 is 1.53 bits per heavy atom. The van der Waals surface area contributed by atoms with Crippen molar-refractivity contribution in [2.24, 2.45) is 5.92 Å². The second kappa shape index (κ2) is 5.95. The fourth-order valence-electron chi connectivity index (χ4n) is 0.963. The average Bonchev–Trinajstić information content (AvgIpc) is 2.15. The van der Waals surface area contributed by atoms with Crippen LogP contribution in [-0.2, 0) is 4.74 Å². The lowest BCUT2D eigenvalue weighted by Gasteiger charge is -2.08. The van der Waals surface area contributed by atoms with Crippen LogP contribution in [0, 0.1) is 9.49 Å². The third kappa shape index (κ3) is 5.01. The molecule has 0 heterocycles. The summed E-state index contributed by atoms with van der Waals surface area (Å²) in [5.41, 5.74) is 0.760. The number of ether oxygens (including phenoxy) is 1. The Balaban J connectivity index is 2.44. The van der Waals surface area contributed by atoms with Crippen molar-refractivity contribution in [3.8, 4) is 0 Å². The molecule has 15 heavy (non-hydrogen) atoms. The fraction of sp³-hybridized carbons (Fsp3) is 0.364. The van der Waals surface area contributed by atoms with Crippen LogP contribution in [0.5, 0.6) is 0 Å². The molecule has 0 aromatic heterocycles. The lowest BCUT2D eigenvalue weighted by atomic mass is 10.2. The van der Waals surface area contributed by atoms with Crippen LogP contribution in [0.15, 0.2) is 24.3 Å². The monoisotopic (exact) mass is 319 g/mol. The molecule has 0 saturated carbocycles. The topological polar surface area (TPSA) is 38.3 Å². The van der Waals surface area contributed by atoms with Crippen LogP contribution < -0.4 is 5.32 Å². The van der Waals surface area contributed by atoms with E-state index in [1.165, 1.54) is 0 Å². The van der Waals surface area contributed by atoms with Gasteiger partial charge in [0.05, 0.1) is 6.61 Å². The van der Waals surface area contributed by atoms with Crippen molar-refractivity contribution >= 4 is 34.4 Å². The van der Waals surface area contributed by atoms with Gasteiger partial charge in [0.25, 0.3) is 0 Å². The minimum Gasteiger partial charge on any atom is -0.449 e. The number of halogens is 1. The molecule has 1 amide bonds. The van der Waals surface area contributed by atoms with Crippen molar-refractivity contribution in [2.75, 3.05) is 11.9 Å². The van der Waals surface area contributed by atoms with Gasteiger partial charge in [-0.1, -0.05) is 19.9 Å². The van der Waals surface area contributed by atoms with Crippen LogP contribution in [-0.4, -0.2) is 12.7 Å². The highest BCUT2D eigenvalue weighted by Gasteiger charge is 2.04. The Hall–Kier alpha value is -0.780. The van der Waals surface area contributed by atoms with Crippen LogP contribution in [0.1, 0.15) is 13.8 Å². The van der Waals surface area contributed by atoms with Crippen molar-refractivity contribution in [3.05, 3.63) is 27.8 Å². The lowest BCUT2D eigenvalue weighted by Crippen LogP contribution is -2.16. The maximum atomic E-state index is 11.3. The Bertz CT molecular complexity index is 339. The molecule has 3 nitrogen and oxygen atoms in total. The van der Waals surface area contributed by atoms with Crippen LogP contribution in [0.4, 0.5) is 10.5 Å². The zero-order valence-corrected chi connectivity index (χ0v) is 10.9. The molecular weight excluding hydrogens is 305 g/mol. The minimum absolute atomic E-state index is 0.353. The van der Waals surface area contributed by atoms with Gasteiger partial charge in [0.15, 0.2) is 0 Å². The maximum absolute atomic E-state index is 11.3. The molecule has 0 saturated heterocycles. The van der Waals surface area contributed by atoms with E-state index in [1.807, 2.05) is 38.1 Å². The van der Waals surface area contributed by atoms with Gasteiger partial charge in [0, 0.05) is 9.26 Å². The normalized spacial score (nSPS) is 10.1. The summed E-state index contributed by atoms with van der Waals surface area (Å²) < 4.78 is 6.07. The standard InChI is InChI=1S/C11H14INO2/c1-8(2)7-15-11(14)13-10-5-3-4-9(12)6-10/h3-6,8H,7H2,1-2H3,(H,13,14). The van der Waals surface area contributed by atoms with Crippen molar-refractivity contribution < 1.29 is 9.53 Å². The van der Waals surface area contributed by atoms with Crippen LogP contribution in [0.2, 0.25) is 0 Å². The molecule has 0 fully saturated rings. The summed E-state index contributed by atoms with van der Waals surface area (Å²) >= 11 is 2.19. The van der Waals surface area contributed by atoms with E-state index in [1.54, 1.807) is 0 Å². The van der Waals surface area contributed by atoms with Crippen molar-refractivity contribution in [2.45, 2.75) is 13.8 Å². The number of nitrogens with one attached hydrogen (secondary N) is 1. The van der Waals surface area contributed by atoms with E-state index >= 15 is 0 Å². The molecule has 4 heteroatoms. The number of hydrogen-bond acceptors (Lipinski definition) is 2. The highest BCUT2D eigenvalue weighted by molar-refractivity contribution is 14.1. The second-order valence-electron chi connectivity index (χ2n) is 3.63. The van der Waals surface area contributed by atoms with Gasteiger partial charge < -0.3 is 4.74 Å². The summed E-state index contributed by atoms with van der Waals surface area (Å²) in [7, 11) is 0. The molecule has 0 aliphatic heterocycles. The number of carbonyl (C=O) groups is 1. The van der Waals surface area contributed by atoms with Gasteiger partial charge in [0.2, 0.25) is 0 Å². The van der Waals surface area contributed by atoms with Crippen molar-refractivity contribution in [1.82, 2.24) is 0 Å². The quantitative estimate of drug-likeness (QED) is 0.866. The largest absolute Gasteiger partial charge is 0.449 e. The summed E-state index contributed by atoms with van der Waals surface area (Å²) in [5.74, 6) is 0.353. The zero-order chi connectivity index (χ0) is 11.3. The fourth-order valence-corrected chi connectivity index (χ4v) is 1.51. The zero-order valence-electron chi connectivity index (χ0n) is 8.79. The van der Waals surface area contributed by atoms with Gasteiger partial charge in [-0.05, 0) is 46.7 Å². The smallest absolute Gasteiger partial charge is 0.411 e. The Morgan fingerprint density at radius 2 is 2.27 bits per heavy atom. The predicted octanol–water partition coefficient (Wildman–Crippen LogP) is 3.50. The maximum Gasteiger partial charge on any atom is 0.411 e. The first-order valence-corrected chi connectivity index (χ1v) is 5.85. The number of amides is 1. The van der Waals surface area contributed by atoms with Gasteiger partial charge in [-0.15, -0.1) is 0 Å². The average molecular weight is 319 g/mol.